The Hall–Kier alpha value is -12.6. The van der Waals surface area contributed by atoms with E-state index in [1.54, 1.807) is 14.7 Å². The zero-order valence-corrected chi connectivity index (χ0v) is 72.3. The summed E-state index contributed by atoms with van der Waals surface area (Å²) in [6.45, 7) is 51.6. The molecule has 9 aliphatic rings. The Morgan fingerprint density at radius 2 is 0.738 bits per heavy atom. The molecular formula is C96H111N21O9. The summed E-state index contributed by atoms with van der Waals surface area (Å²) < 4.78 is 36.2. The summed E-state index contributed by atoms with van der Waals surface area (Å²) in [6, 6.07) is 45.1. The fraction of sp³-hybridized carbons (Fsp3) is 0.438. The molecule has 12 heterocycles. The molecule has 30 heteroatoms. The first-order valence-electron chi connectivity index (χ1n) is 43.8. The Morgan fingerprint density at radius 3 is 1.07 bits per heavy atom. The van der Waals surface area contributed by atoms with Gasteiger partial charge in [0.15, 0.2) is 0 Å². The first kappa shape index (κ1) is 86.9. The summed E-state index contributed by atoms with van der Waals surface area (Å²) in [5.41, 5.74) is 9.74. The Labute approximate surface area is 737 Å². The van der Waals surface area contributed by atoms with Crippen molar-refractivity contribution in [1.82, 2.24) is 59.3 Å². The van der Waals surface area contributed by atoms with E-state index in [9.17, 15) is 14.4 Å². The molecule has 18 rings (SSSR count). The number of piperazine rings is 3. The SMILES string of the molecule is [C-]#[N+]CC1CN(c2nc(OC[C@@H]3CN(C)CCO3)nc3c2CCN(c2cccc4ccccc24)C3)CCN1C(=O)C=C.[C-]#[N+]CC1CN(c2nc(OC[C@@H]3COCCN3C)nc3c2CCN(c2cccc4ccccc24)C3)CCN1C(=O)C=C.[C-]#[N+]CC1CN(c2nc(OC[C@H]3CN(C)CCO3)nc3c2CCN(c2cccc4ccccc24)C3)CCN1C(=O)C=C. The van der Waals surface area contributed by atoms with Crippen molar-refractivity contribution in [3.05, 3.63) is 233 Å². The Morgan fingerprint density at radius 1 is 0.397 bits per heavy atom. The third-order valence-corrected chi connectivity index (χ3v) is 25.4. The molecule has 3 unspecified atom stereocenters. The highest BCUT2D eigenvalue weighted by molar-refractivity contribution is 5.97. The summed E-state index contributed by atoms with van der Waals surface area (Å²) in [5, 5.41) is 7.30. The van der Waals surface area contributed by atoms with Crippen LogP contribution in [0.1, 0.15) is 33.8 Å². The van der Waals surface area contributed by atoms with Gasteiger partial charge in [-0.2, -0.15) is 29.9 Å². The highest BCUT2D eigenvalue weighted by Gasteiger charge is 2.40. The smallest absolute Gasteiger partial charge is 0.318 e. The molecule has 3 amide bonds. The first-order valence-corrected chi connectivity index (χ1v) is 43.8. The number of likely N-dealkylation sites (N-methyl/N-ethyl adjacent to an activating group) is 3. The second-order valence-corrected chi connectivity index (χ2v) is 33.5. The van der Waals surface area contributed by atoms with E-state index in [0.29, 0.717) is 136 Å². The first-order chi connectivity index (χ1) is 61.6. The summed E-state index contributed by atoms with van der Waals surface area (Å²) in [4.78, 5) is 104. The van der Waals surface area contributed by atoms with Crippen LogP contribution in [0.5, 0.6) is 18.0 Å². The number of hydrogen-bond acceptors (Lipinski definition) is 24. The predicted octanol–water partition coefficient (Wildman–Crippen LogP) is 9.07. The van der Waals surface area contributed by atoms with Crippen molar-refractivity contribution >= 4 is 84.6 Å². The molecule has 30 nitrogen and oxygen atoms in total. The van der Waals surface area contributed by atoms with Crippen molar-refractivity contribution in [1.29, 1.82) is 0 Å². The minimum absolute atomic E-state index is 0.0458. The van der Waals surface area contributed by atoms with Crippen LogP contribution in [0.15, 0.2) is 165 Å². The largest absolute Gasteiger partial charge is 0.462 e. The monoisotopic (exact) mass is 1700 g/mol. The zero-order valence-electron chi connectivity index (χ0n) is 72.3. The highest BCUT2D eigenvalue weighted by atomic mass is 16.5. The van der Waals surface area contributed by atoms with Crippen LogP contribution in [-0.4, -0.2) is 312 Å². The van der Waals surface area contributed by atoms with Gasteiger partial charge in [-0.15, -0.1) is 0 Å². The Kier molecular flexibility index (Phi) is 28.0. The van der Waals surface area contributed by atoms with Crippen molar-refractivity contribution in [2.75, 3.05) is 228 Å². The summed E-state index contributed by atoms with van der Waals surface area (Å²) in [5.74, 6) is 2.12. The van der Waals surface area contributed by atoms with E-state index >= 15 is 0 Å². The molecule has 3 aromatic heterocycles. The van der Waals surface area contributed by atoms with E-state index in [1.807, 2.05) is 0 Å². The van der Waals surface area contributed by atoms with Gasteiger partial charge in [0.25, 0.3) is 0 Å². The van der Waals surface area contributed by atoms with Crippen molar-refractivity contribution in [2.24, 2.45) is 0 Å². The van der Waals surface area contributed by atoms with E-state index in [-0.39, 0.29) is 73.7 Å². The van der Waals surface area contributed by atoms with E-state index in [0.717, 1.165) is 129 Å². The highest BCUT2D eigenvalue weighted by Crippen LogP contribution is 2.40. The topological polar surface area (TPSA) is 236 Å². The van der Waals surface area contributed by atoms with Crippen LogP contribution in [0.3, 0.4) is 0 Å². The van der Waals surface area contributed by atoms with Crippen LogP contribution in [-0.2, 0) is 67.5 Å². The molecule has 0 saturated carbocycles. The molecule has 9 aliphatic heterocycles. The number of nitrogens with zero attached hydrogens (tertiary/aromatic N) is 21. The number of benzene rings is 6. The number of rotatable bonds is 21. The third kappa shape index (κ3) is 19.9. The van der Waals surface area contributed by atoms with Gasteiger partial charge in [-0.3, -0.25) is 19.3 Å². The van der Waals surface area contributed by atoms with Crippen molar-refractivity contribution < 1.29 is 42.8 Å². The van der Waals surface area contributed by atoms with Gasteiger partial charge in [0.2, 0.25) is 37.4 Å². The van der Waals surface area contributed by atoms with Crippen LogP contribution < -0.4 is 43.6 Å². The molecule has 9 aromatic rings. The molecule has 6 atom stereocenters. The van der Waals surface area contributed by atoms with E-state index < -0.39 is 0 Å². The second kappa shape index (κ2) is 40.6. The van der Waals surface area contributed by atoms with Gasteiger partial charge in [0.05, 0.1) is 69.2 Å². The number of ether oxygens (including phenoxy) is 6. The minimum atomic E-state index is -0.237. The van der Waals surface area contributed by atoms with Gasteiger partial charge in [-0.1, -0.05) is 129 Å². The summed E-state index contributed by atoms with van der Waals surface area (Å²) in [7, 11) is 6.25. The molecule has 6 fully saturated rings. The summed E-state index contributed by atoms with van der Waals surface area (Å²) >= 11 is 0. The number of carbonyl (C=O) groups excluding carboxylic acids is 3. The second-order valence-electron chi connectivity index (χ2n) is 33.5. The number of anilines is 6. The number of amides is 3. The zero-order chi connectivity index (χ0) is 87.2. The average molecular weight is 1700 g/mol. The van der Waals surface area contributed by atoms with Crippen molar-refractivity contribution in [3.63, 3.8) is 0 Å². The maximum absolute atomic E-state index is 12.5. The molecule has 126 heavy (non-hydrogen) atoms. The Balaban J connectivity index is 0.000000139. The maximum atomic E-state index is 12.5. The van der Waals surface area contributed by atoms with Crippen LogP contribution in [0.25, 0.3) is 46.9 Å². The molecule has 0 bridgehead atoms. The van der Waals surface area contributed by atoms with Crippen LogP contribution in [0.4, 0.5) is 34.5 Å². The Bertz CT molecular complexity index is 5340. The fourth-order valence-corrected chi connectivity index (χ4v) is 18.7. The fourth-order valence-electron chi connectivity index (χ4n) is 18.7. The lowest BCUT2D eigenvalue weighted by molar-refractivity contribution is -0.129. The maximum Gasteiger partial charge on any atom is 0.318 e. The normalized spacial score (nSPS) is 21.1. The van der Waals surface area contributed by atoms with Crippen molar-refractivity contribution in [3.8, 4) is 18.0 Å². The third-order valence-electron chi connectivity index (χ3n) is 25.4. The van der Waals surface area contributed by atoms with Crippen LogP contribution >= 0.6 is 0 Å². The molecule has 0 radical (unpaired) electrons. The van der Waals surface area contributed by atoms with E-state index in [2.05, 4.69) is 227 Å². The number of morpholine rings is 3. The van der Waals surface area contributed by atoms with Gasteiger partial charge in [-0.05, 0) is 93.0 Å². The van der Waals surface area contributed by atoms with Gasteiger partial charge in [-0.25, -0.2) is 19.7 Å². The number of aromatic nitrogens is 6. The minimum Gasteiger partial charge on any atom is -0.462 e. The molecule has 0 aliphatic carbocycles. The lowest BCUT2D eigenvalue weighted by atomic mass is 10.0. The van der Waals surface area contributed by atoms with Gasteiger partial charge in [0.1, 0.15) is 67.6 Å². The van der Waals surface area contributed by atoms with Gasteiger partial charge in [0, 0.05) is 161 Å². The summed E-state index contributed by atoms with van der Waals surface area (Å²) in [6.07, 6.45) is 6.25. The molecule has 6 aromatic carbocycles. The van der Waals surface area contributed by atoms with Gasteiger partial charge >= 0.3 is 18.0 Å². The molecule has 0 spiro atoms. The van der Waals surface area contributed by atoms with E-state index in [1.165, 1.54) is 67.6 Å². The lowest BCUT2D eigenvalue weighted by Crippen LogP contribution is -2.56. The van der Waals surface area contributed by atoms with Crippen molar-refractivity contribution in [2.45, 2.75) is 75.3 Å². The molecule has 0 N–H and O–H groups in total. The van der Waals surface area contributed by atoms with Crippen LogP contribution in [0.2, 0.25) is 0 Å². The quantitative estimate of drug-likeness (QED) is 0.0481. The van der Waals surface area contributed by atoms with Gasteiger partial charge < -0.3 is 96.9 Å². The predicted molar refractivity (Wildman–Crippen MR) is 489 cm³/mol. The molecule has 6 saturated heterocycles. The van der Waals surface area contributed by atoms with E-state index in [4.69, 9.17) is 78.0 Å². The number of carbonyl (C=O) groups is 3. The lowest BCUT2D eigenvalue weighted by Gasteiger charge is -2.41. The molecular weight excluding hydrogens is 1590 g/mol. The standard InChI is InChI=1S/3C32H37N7O3/c1-4-30(40)39-15-14-38(19-24(39)18-33-2)31-27-12-13-37(29-11-7-9-23-8-5-6-10-26(23)29)20-28(27)34-32(35-31)42-22-25-21-41-17-16-36(25)3;2*1-4-30(40)39-15-14-38(19-24(39)18-33-2)31-27-12-13-37(29-11-7-9-23-8-5-6-10-26(23)29)21-28(27)34-32(35-31)42-22-25-20-36(3)16-17-41-25/h3*4-11,24-25H,1,12-22H2,3H3/t3*24?,25-/m010/s1. The number of fused-ring (bicyclic) bond motifs is 6. The molecule has 654 valence electrons. The number of hydrogen-bond donors (Lipinski definition) is 0. The average Bonchev–Trinajstić information content (AvgIpc) is 0.772. The van der Waals surface area contributed by atoms with Crippen LogP contribution in [0, 0.1) is 19.7 Å².